The molecule has 0 spiro atoms. The van der Waals surface area contributed by atoms with Crippen molar-refractivity contribution in [2.45, 2.75) is 0 Å². The van der Waals surface area contributed by atoms with Gasteiger partial charge in [-0.1, -0.05) is 30.3 Å². The molecule has 1 heterocycles. The average Bonchev–Trinajstić information content (AvgIpc) is 2.53. The number of hydrogen-bond donors (Lipinski definition) is 1. The lowest BCUT2D eigenvalue weighted by molar-refractivity contribution is 1.35. The average molecular weight is 270 g/mol. The third-order valence-corrected chi connectivity index (χ3v) is 3.86. The zero-order chi connectivity index (χ0) is 14.4. The molecule has 4 rings (SSSR count). The van der Waals surface area contributed by atoms with E-state index in [0.29, 0.717) is 5.39 Å². The lowest BCUT2D eigenvalue weighted by Gasteiger charge is -2.06. The van der Waals surface area contributed by atoms with E-state index in [-0.39, 0.29) is 11.0 Å². The van der Waals surface area contributed by atoms with Crippen LogP contribution in [0.1, 0.15) is 5.56 Å². The van der Waals surface area contributed by atoms with Crippen molar-refractivity contribution in [1.82, 2.24) is 4.98 Å². The van der Waals surface area contributed by atoms with Gasteiger partial charge < -0.3 is 4.98 Å². The molecule has 4 aromatic rings. The topological polar surface area (TPSA) is 56.6 Å². The number of nitriles is 1. The van der Waals surface area contributed by atoms with Crippen LogP contribution in [0.5, 0.6) is 0 Å². The van der Waals surface area contributed by atoms with E-state index in [1.54, 1.807) is 6.07 Å². The van der Waals surface area contributed by atoms with Crippen molar-refractivity contribution in [2.24, 2.45) is 0 Å². The van der Waals surface area contributed by atoms with E-state index >= 15 is 0 Å². The Morgan fingerprint density at radius 2 is 1.67 bits per heavy atom. The highest BCUT2D eigenvalue weighted by Crippen LogP contribution is 2.27. The summed E-state index contributed by atoms with van der Waals surface area (Å²) in [6, 6.07) is 18.0. The normalized spacial score (nSPS) is 11.0. The van der Waals surface area contributed by atoms with Crippen molar-refractivity contribution in [3.8, 4) is 6.07 Å². The van der Waals surface area contributed by atoms with Crippen LogP contribution in [0, 0.1) is 11.3 Å². The van der Waals surface area contributed by atoms with Crippen LogP contribution in [-0.2, 0) is 0 Å². The maximum Gasteiger partial charge on any atom is 0.207 e. The molecule has 1 aromatic heterocycles. The number of rotatable bonds is 0. The fraction of sp³-hybridized carbons (Fsp3) is 0. The summed E-state index contributed by atoms with van der Waals surface area (Å²) >= 11 is 0. The number of pyridine rings is 1. The van der Waals surface area contributed by atoms with Crippen molar-refractivity contribution in [3.63, 3.8) is 0 Å². The number of aromatic nitrogens is 1. The molecule has 21 heavy (non-hydrogen) atoms. The zero-order valence-electron chi connectivity index (χ0n) is 11.1. The van der Waals surface area contributed by atoms with Crippen LogP contribution in [0.15, 0.2) is 59.5 Å². The highest BCUT2D eigenvalue weighted by Gasteiger charge is 2.08. The van der Waals surface area contributed by atoms with E-state index < -0.39 is 0 Å². The first-order valence-electron chi connectivity index (χ1n) is 6.65. The molecule has 0 fully saturated rings. The van der Waals surface area contributed by atoms with Crippen LogP contribution in [-0.4, -0.2) is 4.98 Å². The fourth-order valence-corrected chi connectivity index (χ4v) is 2.80. The number of nitrogens with one attached hydrogen (secondary N) is 1. The second kappa shape index (κ2) is 4.19. The molecule has 1 N–H and O–H groups in total. The monoisotopic (exact) mass is 270 g/mol. The molecule has 0 saturated heterocycles. The molecule has 0 bridgehead atoms. The quantitative estimate of drug-likeness (QED) is 0.391. The van der Waals surface area contributed by atoms with Gasteiger partial charge in [0.2, 0.25) is 5.43 Å². The minimum absolute atomic E-state index is 0.141. The number of hydrogen-bond acceptors (Lipinski definition) is 2. The van der Waals surface area contributed by atoms with Gasteiger partial charge >= 0.3 is 0 Å². The van der Waals surface area contributed by atoms with Gasteiger partial charge in [0.25, 0.3) is 0 Å². The summed E-state index contributed by atoms with van der Waals surface area (Å²) in [4.78, 5) is 15.3. The van der Waals surface area contributed by atoms with E-state index in [1.807, 2.05) is 24.3 Å². The Bertz CT molecular complexity index is 1120. The molecule has 0 aliphatic heterocycles. The molecular weight excluding hydrogens is 260 g/mol. The van der Waals surface area contributed by atoms with E-state index in [2.05, 4.69) is 29.2 Å². The first-order valence-corrected chi connectivity index (χ1v) is 6.65. The molecule has 0 atom stereocenters. The summed E-state index contributed by atoms with van der Waals surface area (Å²) < 4.78 is 0. The molecule has 3 heteroatoms. The maximum absolute atomic E-state index is 12.2. The minimum Gasteiger partial charge on any atom is -0.359 e. The second-order valence-electron chi connectivity index (χ2n) is 5.05. The first kappa shape index (κ1) is 11.7. The third kappa shape index (κ3) is 1.63. The summed E-state index contributed by atoms with van der Waals surface area (Å²) in [5.41, 5.74) is 0.700. The van der Waals surface area contributed by atoms with E-state index in [4.69, 9.17) is 5.26 Å². The van der Waals surface area contributed by atoms with E-state index in [9.17, 15) is 4.79 Å². The second-order valence-corrected chi connectivity index (χ2v) is 5.05. The molecule has 0 saturated carbocycles. The molecule has 0 amide bonds. The summed E-state index contributed by atoms with van der Waals surface area (Å²) in [6.07, 6.45) is 1.49. The molecule has 0 unspecified atom stereocenters. The Balaban J connectivity index is 2.24. The Hall–Kier alpha value is -3.12. The lowest BCUT2D eigenvalue weighted by atomic mass is 10.0. The van der Waals surface area contributed by atoms with Gasteiger partial charge in [-0.25, -0.2) is 0 Å². The summed E-state index contributed by atoms with van der Waals surface area (Å²) in [5, 5.41) is 13.9. The molecule has 0 radical (unpaired) electrons. The summed E-state index contributed by atoms with van der Waals surface area (Å²) in [7, 11) is 0. The van der Waals surface area contributed by atoms with Crippen LogP contribution in [0.3, 0.4) is 0 Å². The summed E-state index contributed by atoms with van der Waals surface area (Å²) in [5.74, 6) is 0. The highest BCUT2D eigenvalue weighted by molar-refractivity contribution is 6.10. The van der Waals surface area contributed by atoms with Gasteiger partial charge in [0, 0.05) is 17.0 Å². The Labute approximate surface area is 120 Å². The van der Waals surface area contributed by atoms with E-state index in [1.165, 1.54) is 11.6 Å². The van der Waals surface area contributed by atoms with Crippen molar-refractivity contribution in [1.29, 1.82) is 5.26 Å². The molecule has 3 nitrogen and oxygen atoms in total. The van der Waals surface area contributed by atoms with Gasteiger partial charge in [-0.05, 0) is 34.4 Å². The van der Waals surface area contributed by atoms with Crippen molar-refractivity contribution >= 4 is 32.4 Å². The van der Waals surface area contributed by atoms with E-state index in [0.717, 1.165) is 21.7 Å². The molecular formula is C18H10N2O. The van der Waals surface area contributed by atoms with Gasteiger partial charge in [-0.2, -0.15) is 5.26 Å². The zero-order valence-corrected chi connectivity index (χ0v) is 11.1. The number of aromatic amines is 1. The Morgan fingerprint density at radius 3 is 2.43 bits per heavy atom. The maximum atomic E-state index is 12.2. The number of benzene rings is 3. The first-order chi connectivity index (χ1) is 10.3. The van der Waals surface area contributed by atoms with Crippen molar-refractivity contribution in [3.05, 3.63) is 70.5 Å². The molecule has 3 aromatic carbocycles. The van der Waals surface area contributed by atoms with Crippen LogP contribution in [0.2, 0.25) is 0 Å². The standard InChI is InChI=1S/C18H10N2O/c19-9-14-10-20-17-15(18(14)21)6-5-13-7-11-3-1-2-4-12(11)8-16(13)17/h1-8,10H,(H,20,21). The highest BCUT2D eigenvalue weighted by atomic mass is 16.1. The molecule has 0 aliphatic rings. The Morgan fingerprint density at radius 1 is 0.905 bits per heavy atom. The lowest BCUT2D eigenvalue weighted by Crippen LogP contribution is -2.07. The van der Waals surface area contributed by atoms with Crippen LogP contribution in [0.4, 0.5) is 0 Å². The minimum atomic E-state index is -0.221. The number of nitrogens with zero attached hydrogens (tertiary/aromatic N) is 1. The number of H-pyrrole nitrogens is 1. The van der Waals surface area contributed by atoms with Crippen LogP contribution < -0.4 is 5.43 Å². The number of fused-ring (bicyclic) bond motifs is 4. The van der Waals surface area contributed by atoms with Gasteiger partial charge in [0.1, 0.15) is 11.6 Å². The Kier molecular flexibility index (Phi) is 2.33. The van der Waals surface area contributed by atoms with Gasteiger partial charge in [-0.15, -0.1) is 0 Å². The van der Waals surface area contributed by atoms with Gasteiger partial charge in [0.15, 0.2) is 0 Å². The molecule has 0 aliphatic carbocycles. The smallest absolute Gasteiger partial charge is 0.207 e. The van der Waals surface area contributed by atoms with Crippen LogP contribution >= 0.6 is 0 Å². The van der Waals surface area contributed by atoms with Crippen molar-refractivity contribution in [2.75, 3.05) is 0 Å². The SMILES string of the molecule is N#Cc1c[nH]c2c(ccc3cc4ccccc4cc32)c1=O. The van der Waals surface area contributed by atoms with Gasteiger partial charge in [-0.3, -0.25) is 4.79 Å². The fourth-order valence-electron chi connectivity index (χ4n) is 2.80. The van der Waals surface area contributed by atoms with Crippen LogP contribution in [0.25, 0.3) is 32.4 Å². The predicted octanol–water partition coefficient (Wildman–Crippen LogP) is 3.71. The molecule has 98 valence electrons. The van der Waals surface area contributed by atoms with Gasteiger partial charge in [0.05, 0.1) is 5.52 Å². The largest absolute Gasteiger partial charge is 0.359 e. The predicted molar refractivity (Wildman–Crippen MR) is 84.3 cm³/mol. The summed E-state index contributed by atoms with van der Waals surface area (Å²) in [6.45, 7) is 0. The third-order valence-electron chi connectivity index (χ3n) is 3.86. The van der Waals surface area contributed by atoms with Crippen molar-refractivity contribution < 1.29 is 0 Å².